The minimum atomic E-state index is -0.407. The van der Waals surface area contributed by atoms with Gasteiger partial charge in [-0.2, -0.15) is 0 Å². The molecule has 0 spiro atoms. The zero-order valence-electron chi connectivity index (χ0n) is 40.2. The van der Waals surface area contributed by atoms with Crippen LogP contribution in [0.1, 0.15) is 175 Å². The maximum absolute atomic E-state index is 10.6. The summed E-state index contributed by atoms with van der Waals surface area (Å²) in [5.41, 5.74) is 7.53. The predicted molar refractivity (Wildman–Crippen MR) is 264 cm³/mol. The first kappa shape index (κ1) is 54.1. The van der Waals surface area contributed by atoms with Crippen LogP contribution >= 0.6 is 23.2 Å². The average Bonchev–Trinajstić information content (AvgIpc) is 3.12. The van der Waals surface area contributed by atoms with Crippen molar-refractivity contribution in [3.63, 3.8) is 0 Å². The lowest BCUT2D eigenvalue weighted by Gasteiger charge is -2.46. The highest BCUT2D eigenvalue weighted by Crippen LogP contribution is 2.53. The Balaban J connectivity index is 0.000000311. The van der Waals surface area contributed by atoms with Crippen LogP contribution < -0.4 is 4.74 Å². The third-order valence-electron chi connectivity index (χ3n) is 12.5. The number of benzene rings is 2. The average molecular weight is 884 g/mol. The van der Waals surface area contributed by atoms with Crippen LogP contribution in [0.15, 0.2) is 59.7 Å². The summed E-state index contributed by atoms with van der Waals surface area (Å²) in [6.45, 7) is 33.4. The summed E-state index contributed by atoms with van der Waals surface area (Å²) in [5, 5.41) is 36.5. The summed E-state index contributed by atoms with van der Waals surface area (Å²) in [7, 11) is 0. The molecule has 3 aliphatic rings. The number of allylic oxidation sites excluding steroid dienone is 5. The monoisotopic (exact) mass is 883 g/mol. The Hall–Kier alpha value is -2.03. The van der Waals surface area contributed by atoms with E-state index in [1.807, 2.05) is 25.1 Å². The van der Waals surface area contributed by atoms with Crippen LogP contribution in [0.4, 0.5) is 0 Å². The number of phenolic OH excluding ortho intramolecular Hbond substituents is 3. The highest BCUT2D eigenvalue weighted by atomic mass is 35.5. The molecule has 0 amide bonds. The topological polar surface area (TPSA) is 69.9 Å². The Kier molecular flexibility index (Phi) is 24.0. The van der Waals surface area contributed by atoms with E-state index in [-0.39, 0.29) is 40.2 Å². The fourth-order valence-electron chi connectivity index (χ4n) is 9.85. The molecule has 0 bridgehead atoms. The summed E-state index contributed by atoms with van der Waals surface area (Å²) >= 11 is 9.12. The van der Waals surface area contributed by atoms with Crippen molar-refractivity contribution in [2.75, 3.05) is 5.34 Å². The SMILES string of the molecule is C=C(C)[C@@H]1CCC(C)=C[C@H]1c1c(O)cc(CCCC)cc1O.CC(C)[CH2][Al]([CH2]C(C)C)[CH2]C(C)C.CCCCc1cc(O)c2c(c1)OC(C)(C)[C@@H]1CCC(C)=C[C@@H]21.ClCCl. The minimum absolute atomic E-state index is 0.0199. The summed E-state index contributed by atoms with van der Waals surface area (Å²) in [6.07, 6.45) is 15.3. The molecular formula is C53H85AlCl2O4. The third kappa shape index (κ3) is 17.3. The molecule has 60 heavy (non-hydrogen) atoms. The van der Waals surface area contributed by atoms with Gasteiger partial charge in [0.05, 0.1) is 5.34 Å². The second-order valence-corrected chi connectivity index (χ2v) is 24.0. The Bertz CT molecular complexity index is 1630. The van der Waals surface area contributed by atoms with Gasteiger partial charge in [-0.1, -0.05) is 137 Å². The van der Waals surface area contributed by atoms with Crippen LogP contribution in [0.5, 0.6) is 23.0 Å². The number of fused-ring (bicyclic) bond motifs is 3. The summed E-state index contributed by atoms with van der Waals surface area (Å²) < 4.78 is 6.34. The molecule has 0 fully saturated rings. The molecule has 0 radical (unpaired) electrons. The van der Waals surface area contributed by atoms with Crippen LogP contribution in [0.3, 0.4) is 0 Å². The van der Waals surface area contributed by atoms with Gasteiger partial charge in [-0.15, -0.1) is 23.2 Å². The molecule has 0 unspecified atom stereocenters. The van der Waals surface area contributed by atoms with Gasteiger partial charge in [0.25, 0.3) is 14.1 Å². The van der Waals surface area contributed by atoms with Gasteiger partial charge in [0.2, 0.25) is 0 Å². The number of unbranched alkanes of at least 4 members (excludes halogenated alkanes) is 2. The molecule has 4 atom stereocenters. The minimum Gasteiger partial charge on any atom is -0.507 e. The van der Waals surface area contributed by atoms with Gasteiger partial charge in [-0.05, 0) is 127 Å². The van der Waals surface area contributed by atoms with Crippen molar-refractivity contribution in [3.05, 3.63) is 82.0 Å². The van der Waals surface area contributed by atoms with Crippen LogP contribution in [-0.2, 0) is 12.8 Å². The van der Waals surface area contributed by atoms with E-state index in [0.717, 1.165) is 104 Å². The quantitative estimate of drug-likeness (QED) is 0.100. The van der Waals surface area contributed by atoms with Crippen molar-refractivity contribution in [2.45, 2.75) is 188 Å². The van der Waals surface area contributed by atoms with Gasteiger partial charge < -0.3 is 20.1 Å². The maximum Gasteiger partial charge on any atom is 0.262 e. The molecule has 5 rings (SSSR count). The van der Waals surface area contributed by atoms with Gasteiger partial charge in [0.15, 0.2) is 0 Å². The summed E-state index contributed by atoms with van der Waals surface area (Å²) in [6, 6.07) is 7.74. The smallest absolute Gasteiger partial charge is 0.262 e. The molecule has 3 N–H and O–H groups in total. The molecule has 2 aromatic carbocycles. The zero-order chi connectivity index (χ0) is 45.3. The van der Waals surface area contributed by atoms with Crippen LogP contribution in [-0.4, -0.2) is 40.4 Å². The van der Waals surface area contributed by atoms with Crippen molar-refractivity contribution in [1.82, 2.24) is 0 Å². The molecule has 0 saturated carbocycles. The highest BCUT2D eigenvalue weighted by Gasteiger charge is 2.45. The molecule has 0 aromatic heterocycles. The van der Waals surface area contributed by atoms with Crippen molar-refractivity contribution in [2.24, 2.45) is 29.6 Å². The van der Waals surface area contributed by atoms with Gasteiger partial charge in [0.1, 0.15) is 28.6 Å². The van der Waals surface area contributed by atoms with E-state index < -0.39 is 14.1 Å². The molecule has 0 saturated heterocycles. The van der Waals surface area contributed by atoms with Crippen LogP contribution in [0.25, 0.3) is 0 Å². The van der Waals surface area contributed by atoms with Gasteiger partial charge in [0, 0.05) is 28.9 Å². The van der Waals surface area contributed by atoms with E-state index in [2.05, 4.69) is 108 Å². The zero-order valence-corrected chi connectivity index (χ0v) is 42.9. The lowest BCUT2D eigenvalue weighted by Crippen LogP contribution is -2.45. The van der Waals surface area contributed by atoms with Crippen molar-refractivity contribution >= 4 is 37.4 Å². The maximum atomic E-state index is 10.6. The Morgan fingerprint density at radius 2 is 1.15 bits per heavy atom. The Morgan fingerprint density at radius 1 is 0.733 bits per heavy atom. The largest absolute Gasteiger partial charge is 0.507 e. The molecule has 2 aliphatic carbocycles. The fraction of sp³-hybridized carbons (Fsp3) is 0.660. The van der Waals surface area contributed by atoms with Crippen molar-refractivity contribution < 1.29 is 20.1 Å². The summed E-state index contributed by atoms with van der Waals surface area (Å²) in [5.74, 6) is 5.54. The van der Waals surface area contributed by atoms with E-state index >= 15 is 0 Å². The number of alkyl halides is 2. The molecule has 4 nitrogen and oxygen atoms in total. The number of hydrogen-bond donors (Lipinski definition) is 3. The van der Waals surface area contributed by atoms with Crippen LogP contribution in [0.2, 0.25) is 15.8 Å². The molecular weight excluding hydrogens is 798 g/mol. The first-order valence-corrected chi connectivity index (χ1v) is 26.9. The molecule has 2 aromatic rings. The van der Waals surface area contributed by atoms with Gasteiger partial charge >= 0.3 is 0 Å². The van der Waals surface area contributed by atoms with E-state index in [9.17, 15) is 15.3 Å². The number of rotatable bonds is 14. The van der Waals surface area contributed by atoms with E-state index in [1.165, 1.54) is 16.7 Å². The number of ether oxygens (including phenoxy) is 1. The standard InChI is InChI=1S/2C20H28O2.3C4H9.CH2Cl2.Al/c1-5-6-7-14-11-17(21)19-15-10-13(2)8-9-16(15)20(3,4)22-18(19)12-14;1-5-6-7-15-11-18(21)20(19(22)12-15)17-10-14(4)8-9-16(17)13(2)3;3*1-4(2)3;2-1-3;/h10-12,15-16,21H,5-9H2,1-4H3;10-12,16-17,21-22H,2,5-9H2,1,3-4H3;3*4H,1H2,2-3H3;1H2;/t15-,16-;16-,17+;;;;;/m10...../s1. The second kappa shape index (κ2) is 26.6. The molecule has 1 heterocycles. The van der Waals surface area contributed by atoms with Gasteiger partial charge in [-0.25, -0.2) is 0 Å². The van der Waals surface area contributed by atoms with E-state index in [4.69, 9.17) is 27.9 Å². The molecule has 338 valence electrons. The molecule has 1 aliphatic heterocycles. The van der Waals surface area contributed by atoms with Crippen LogP contribution in [0, 0.1) is 29.6 Å². The fourth-order valence-corrected chi connectivity index (χ4v) is 14.4. The Morgan fingerprint density at radius 3 is 1.58 bits per heavy atom. The predicted octanol–water partition coefficient (Wildman–Crippen LogP) is 16.7. The van der Waals surface area contributed by atoms with Crippen molar-refractivity contribution in [3.8, 4) is 23.0 Å². The van der Waals surface area contributed by atoms with Crippen molar-refractivity contribution in [1.29, 1.82) is 0 Å². The second-order valence-electron chi connectivity index (χ2n) is 20.1. The third-order valence-corrected chi connectivity index (χ3v) is 17.3. The number of halogens is 2. The van der Waals surface area contributed by atoms with Gasteiger partial charge in [-0.3, -0.25) is 0 Å². The van der Waals surface area contributed by atoms with E-state index in [0.29, 0.717) is 17.2 Å². The normalized spacial score (nSPS) is 20.2. The number of aromatic hydroxyl groups is 3. The first-order chi connectivity index (χ1) is 28.2. The molecule has 7 heteroatoms. The Labute approximate surface area is 382 Å². The number of aryl methyl sites for hydroxylation is 2. The number of phenols is 3. The lowest BCUT2D eigenvalue weighted by molar-refractivity contribution is 0.0107. The number of hydrogen-bond acceptors (Lipinski definition) is 4. The highest BCUT2D eigenvalue weighted by molar-refractivity contribution is 6.58. The lowest BCUT2D eigenvalue weighted by atomic mass is 9.68. The van der Waals surface area contributed by atoms with E-state index in [1.54, 1.807) is 15.8 Å². The summed E-state index contributed by atoms with van der Waals surface area (Å²) in [4.78, 5) is 0. The first-order valence-electron chi connectivity index (χ1n) is 23.4.